The average molecular weight is 477 g/mol. The average Bonchev–Trinajstić information content (AvgIpc) is 2.76. The van der Waals surface area contributed by atoms with Crippen LogP contribution in [-0.2, 0) is 14.3 Å². The number of amides is 4. The van der Waals surface area contributed by atoms with Crippen molar-refractivity contribution in [2.45, 2.75) is 13.3 Å². The van der Waals surface area contributed by atoms with Crippen molar-refractivity contribution < 1.29 is 28.7 Å². The van der Waals surface area contributed by atoms with Crippen LogP contribution >= 0.6 is 23.2 Å². The number of hydrogen-bond donors (Lipinski definition) is 1. The van der Waals surface area contributed by atoms with E-state index in [-0.39, 0.29) is 26.9 Å². The van der Waals surface area contributed by atoms with Gasteiger partial charge in [0.15, 0.2) is 5.75 Å². The van der Waals surface area contributed by atoms with Crippen LogP contribution < -0.4 is 15.0 Å². The third kappa shape index (κ3) is 4.76. The van der Waals surface area contributed by atoms with E-state index < -0.39 is 23.8 Å². The van der Waals surface area contributed by atoms with Gasteiger partial charge < -0.3 is 9.47 Å². The number of methoxy groups -OCH3 is 1. The number of esters is 1. The molecular formula is C22H18Cl2N2O6. The highest BCUT2D eigenvalue weighted by Gasteiger charge is 2.37. The lowest BCUT2D eigenvalue weighted by atomic mass is 10.1. The standard InChI is InChI=1S/C22H18Cl2N2O6/c1-3-8-32-18-16(23)10-12(11-17(18)24)9-15-19(27)25-22(30)26(20(15)28)14-6-4-13(5-7-14)21(29)31-2/h4-7,9-11H,3,8H2,1-2H3,(H,25,27,30)/b15-9+. The molecule has 0 atom stereocenters. The zero-order valence-corrected chi connectivity index (χ0v) is 18.6. The number of urea groups is 1. The topological polar surface area (TPSA) is 102 Å². The van der Waals surface area contributed by atoms with Crippen molar-refractivity contribution in [1.29, 1.82) is 0 Å². The summed E-state index contributed by atoms with van der Waals surface area (Å²) in [6, 6.07) is 7.67. The van der Waals surface area contributed by atoms with Crippen molar-refractivity contribution in [1.82, 2.24) is 5.32 Å². The van der Waals surface area contributed by atoms with Gasteiger partial charge in [-0.3, -0.25) is 14.9 Å². The molecule has 1 heterocycles. The Hall–Kier alpha value is -3.36. The van der Waals surface area contributed by atoms with Crippen LogP contribution in [0.2, 0.25) is 10.0 Å². The lowest BCUT2D eigenvalue weighted by Gasteiger charge is -2.26. The van der Waals surface area contributed by atoms with Crippen LogP contribution in [0.1, 0.15) is 29.3 Å². The zero-order valence-electron chi connectivity index (χ0n) is 17.1. The molecule has 10 heteroatoms. The first-order chi connectivity index (χ1) is 15.3. The lowest BCUT2D eigenvalue weighted by Crippen LogP contribution is -2.54. The van der Waals surface area contributed by atoms with Crippen molar-refractivity contribution in [3.8, 4) is 5.75 Å². The number of barbiturate groups is 1. The Morgan fingerprint density at radius 3 is 2.28 bits per heavy atom. The van der Waals surface area contributed by atoms with E-state index in [9.17, 15) is 19.2 Å². The molecule has 3 rings (SSSR count). The second-order valence-electron chi connectivity index (χ2n) is 6.66. The van der Waals surface area contributed by atoms with E-state index >= 15 is 0 Å². The number of hydrogen-bond acceptors (Lipinski definition) is 6. The van der Waals surface area contributed by atoms with Gasteiger partial charge in [0.25, 0.3) is 11.8 Å². The molecule has 1 fully saturated rings. The minimum Gasteiger partial charge on any atom is -0.490 e. The first-order valence-electron chi connectivity index (χ1n) is 9.48. The Bertz CT molecular complexity index is 1100. The quantitative estimate of drug-likeness (QED) is 0.380. The number of carbonyl (C=O) groups excluding carboxylic acids is 4. The predicted molar refractivity (Wildman–Crippen MR) is 119 cm³/mol. The minimum absolute atomic E-state index is 0.165. The third-order valence-corrected chi connectivity index (χ3v) is 4.99. The number of anilines is 1. The Labute approximate surface area is 193 Å². The maximum atomic E-state index is 13.0. The molecule has 8 nitrogen and oxygen atoms in total. The summed E-state index contributed by atoms with van der Waals surface area (Å²) in [5, 5.41) is 2.55. The summed E-state index contributed by atoms with van der Waals surface area (Å²) in [5.41, 5.74) is 0.481. The van der Waals surface area contributed by atoms with E-state index in [0.29, 0.717) is 17.9 Å². The summed E-state index contributed by atoms with van der Waals surface area (Å²) < 4.78 is 10.1. The number of carbonyl (C=O) groups is 4. The van der Waals surface area contributed by atoms with Crippen molar-refractivity contribution in [3.63, 3.8) is 0 Å². The van der Waals surface area contributed by atoms with E-state index in [1.54, 1.807) is 0 Å². The number of imide groups is 2. The van der Waals surface area contributed by atoms with Crippen LogP contribution in [0.3, 0.4) is 0 Å². The van der Waals surface area contributed by atoms with E-state index in [2.05, 4.69) is 10.1 Å². The summed E-state index contributed by atoms with van der Waals surface area (Å²) >= 11 is 12.5. The van der Waals surface area contributed by atoms with Gasteiger partial charge in [-0.15, -0.1) is 0 Å². The molecule has 32 heavy (non-hydrogen) atoms. The van der Waals surface area contributed by atoms with Crippen LogP contribution in [0.5, 0.6) is 5.75 Å². The summed E-state index contributed by atoms with van der Waals surface area (Å²) in [7, 11) is 1.24. The summed E-state index contributed by atoms with van der Waals surface area (Å²) in [4.78, 5) is 50.1. The number of nitrogens with zero attached hydrogens (tertiary/aromatic N) is 1. The number of nitrogens with one attached hydrogen (secondary N) is 1. The third-order valence-electron chi connectivity index (χ3n) is 4.43. The Balaban J connectivity index is 1.94. The molecule has 0 bridgehead atoms. The first-order valence-corrected chi connectivity index (χ1v) is 10.2. The van der Waals surface area contributed by atoms with E-state index in [1.807, 2.05) is 6.92 Å². The van der Waals surface area contributed by atoms with E-state index in [4.69, 9.17) is 27.9 Å². The molecular weight excluding hydrogens is 459 g/mol. The molecule has 166 valence electrons. The Morgan fingerprint density at radius 1 is 1.09 bits per heavy atom. The molecule has 0 saturated carbocycles. The lowest BCUT2D eigenvalue weighted by molar-refractivity contribution is -0.122. The molecule has 0 unspecified atom stereocenters. The molecule has 0 aromatic heterocycles. The largest absolute Gasteiger partial charge is 0.490 e. The zero-order chi connectivity index (χ0) is 23.4. The van der Waals surface area contributed by atoms with Gasteiger partial charge in [-0.05, 0) is 54.5 Å². The monoisotopic (exact) mass is 476 g/mol. The van der Waals surface area contributed by atoms with Crippen molar-refractivity contribution in [2.24, 2.45) is 0 Å². The summed E-state index contributed by atoms with van der Waals surface area (Å²) in [5.74, 6) is -1.97. The van der Waals surface area contributed by atoms with Gasteiger partial charge in [-0.2, -0.15) is 0 Å². The van der Waals surface area contributed by atoms with Crippen LogP contribution in [0.15, 0.2) is 42.0 Å². The molecule has 0 spiro atoms. The molecule has 4 amide bonds. The minimum atomic E-state index is -0.914. The molecule has 2 aromatic rings. The molecule has 2 aromatic carbocycles. The van der Waals surface area contributed by atoms with Gasteiger partial charge in [0, 0.05) is 0 Å². The van der Waals surface area contributed by atoms with Crippen molar-refractivity contribution in [3.05, 3.63) is 63.1 Å². The SMILES string of the molecule is CCCOc1c(Cl)cc(/C=C2\C(=O)NC(=O)N(c3ccc(C(=O)OC)cc3)C2=O)cc1Cl. The molecule has 1 saturated heterocycles. The molecule has 1 aliphatic rings. The molecule has 0 aliphatic carbocycles. The highest BCUT2D eigenvalue weighted by Crippen LogP contribution is 2.35. The first kappa shape index (κ1) is 23.3. The normalized spacial score (nSPS) is 15.1. The van der Waals surface area contributed by atoms with E-state index in [1.165, 1.54) is 49.6 Å². The summed E-state index contributed by atoms with van der Waals surface area (Å²) in [6.45, 7) is 2.36. The number of benzene rings is 2. The van der Waals surface area contributed by atoms with Crippen molar-refractivity contribution >= 4 is 58.8 Å². The van der Waals surface area contributed by atoms with Crippen LogP contribution in [0.4, 0.5) is 10.5 Å². The fourth-order valence-electron chi connectivity index (χ4n) is 2.93. The smallest absolute Gasteiger partial charge is 0.337 e. The predicted octanol–water partition coefficient (Wildman–Crippen LogP) is 4.24. The fraction of sp³-hybridized carbons (Fsp3) is 0.182. The number of ether oxygens (including phenoxy) is 2. The van der Waals surface area contributed by atoms with E-state index in [0.717, 1.165) is 11.3 Å². The Kier molecular flexibility index (Phi) is 7.17. The van der Waals surface area contributed by atoms with Gasteiger partial charge in [0.1, 0.15) is 5.57 Å². The summed E-state index contributed by atoms with van der Waals surface area (Å²) in [6.07, 6.45) is 2.04. The van der Waals surface area contributed by atoms with Gasteiger partial charge in [0.2, 0.25) is 0 Å². The van der Waals surface area contributed by atoms with Gasteiger partial charge in [0.05, 0.1) is 35.0 Å². The highest BCUT2D eigenvalue weighted by molar-refractivity contribution is 6.40. The molecule has 0 radical (unpaired) electrons. The van der Waals surface area contributed by atoms with Gasteiger partial charge in [-0.25, -0.2) is 14.5 Å². The fourth-order valence-corrected chi connectivity index (χ4v) is 3.54. The van der Waals surface area contributed by atoms with Crippen LogP contribution in [-0.4, -0.2) is 37.5 Å². The molecule has 1 N–H and O–H groups in total. The van der Waals surface area contributed by atoms with Crippen LogP contribution in [0, 0.1) is 0 Å². The molecule has 1 aliphatic heterocycles. The van der Waals surface area contributed by atoms with Crippen LogP contribution in [0.25, 0.3) is 6.08 Å². The maximum absolute atomic E-state index is 13.0. The second kappa shape index (κ2) is 9.84. The Morgan fingerprint density at radius 2 is 1.72 bits per heavy atom. The second-order valence-corrected chi connectivity index (χ2v) is 7.47. The van der Waals surface area contributed by atoms with Gasteiger partial charge in [-0.1, -0.05) is 30.1 Å². The number of halogens is 2. The van der Waals surface area contributed by atoms with Gasteiger partial charge >= 0.3 is 12.0 Å². The maximum Gasteiger partial charge on any atom is 0.337 e. The highest BCUT2D eigenvalue weighted by atomic mass is 35.5. The van der Waals surface area contributed by atoms with Crippen molar-refractivity contribution in [2.75, 3.05) is 18.6 Å². The number of rotatable bonds is 6.